The fourth-order valence-corrected chi connectivity index (χ4v) is 1.78. The Hall–Kier alpha value is -2.35. The smallest absolute Gasteiger partial charge is 0.121 e. The predicted molar refractivity (Wildman–Crippen MR) is 76.6 cm³/mol. The van der Waals surface area contributed by atoms with Crippen molar-refractivity contribution in [3.05, 3.63) is 47.3 Å². The van der Waals surface area contributed by atoms with Gasteiger partial charge in [-0.25, -0.2) is 4.89 Å². The van der Waals surface area contributed by atoms with E-state index in [0.717, 1.165) is 5.69 Å². The third kappa shape index (κ3) is 3.82. The number of azo groups is 1. The van der Waals surface area contributed by atoms with Crippen LogP contribution in [0.4, 0.5) is 11.4 Å². The third-order valence-corrected chi connectivity index (χ3v) is 2.84. The Bertz CT molecular complexity index is 659. The molecule has 0 aliphatic carbocycles. The lowest BCUT2D eigenvalue weighted by molar-refractivity contribution is -0.253. The van der Waals surface area contributed by atoms with Crippen molar-refractivity contribution in [2.75, 3.05) is 0 Å². The van der Waals surface area contributed by atoms with Crippen LogP contribution in [0.2, 0.25) is 0 Å². The van der Waals surface area contributed by atoms with Crippen LogP contribution in [0.3, 0.4) is 0 Å². The molecule has 0 spiro atoms. The van der Waals surface area contributed by atoms with Gasteiger partial charge in [-0.1, -0.05) is 0 Å². The summed E-state index contributed by atoms with van der Waals surface area (Å²) in [7, 11) is 0. The van der Waals surface area contributed by atoms with Crippen LogP contribution < -0.4 is 5.73 Å². The van der Waals surface area contributed by atoms with E-state index in [2.05, 4.69) is 20.1 Å². The molecule has 7 heteroatoms. The normalized spacial score (nSPS) is 11.2. The highest BCUT2D eigenvalue weighted by Crippen LogP contribution is 2.26. The summed E-state index contributed by atoms with van der Waals surface area (Å²) >= 11 is 0. The molecule has 1 aromatic carbocycles. The molecule has 110 valence electrons. The topological polar surface area (TPSA) is 113 Å². The summed E-state index contributed by atoms with van der Waals surface area (Å²) in [6, 6.07) is 8.25. The average Bonchev–Trinajstić information content (AvgIpc) is 2.49. The first-order valence-electron chi connectivity index (χ1n) is 6.30. The minimum absolute atomic E-state index is 0.0163. The van der Waals surface area contributed by atoms with Crippen molar-refractivity contribution in [3.8, 4) is 5.75 Å². The van der Waals surface area contributed by atoms with Crippen LogP contribution in [0.5, 0.6) is 5.75 Å². The maximum Gasteiger partial charge on any atom is 0.121 e. The molecule has 0 radical (unpaired) electrons. The van der Waals surface area contributed by atoms with Gasteiger partial charge >= 0.3 is 0 Å². The van der Waals surface area contributed by atoms with Crippen LogP contribution in [0, 0.1) is 6.92 Å². The maximum atomic E-state index is 9.57. The summed E-state index contributed by atoms with van der Waals surface area (Å²) in [5, 5.41) is 26.2. The van der Waals surface area contributed by atoms with E-state index in [1.807, 2.05) is 13.0 Å². The molecule has 0 aliphatic rings. The Morgan fingerprint density at radius 2 is 2.05 bits per heavy atom. The summed E-state index contributed by atoms with van der Waals surface area (Å²) in [4.78, 5) is 8.31. The van der Waals surface area contributed by atoms with Crippen LogP contribution in [0.15, 0.2) is 40.6 Å². The maximum absolute atomic E-state index is 9.57. The van der Waals surface area contributed by atoms with Crippen LogP contribution in [0.25, 0.3) is 0 Å². The van der Waals surface area contributed by atoms with Gasteiger partial charge in [-0.15, -0.1) is 5.11 Å². The number of benzene rings is 1. The van der Waals surface area contributed by atoms with Crippen molar-refractivity contribution in [1.29, 1.82) is 0 Å². The minimum atomic E-state index is -0.130. The average molecular weight is 288 g/mol. The molecule has 4 N–H and O–H groups in total. The van der Waals surface area contributed by atoms with E-state index in [4.69, 9.17) is 11.0 Å². The number of nitrogens with two attached hydrogens (primary N) is 1. The summed E-state index contributed by atoms with van der Waals surface area (Å²) < 4.78 is 0. The van der Waals surface area contributed by atoms with Gasteiger partial charge in [0.2, 0.25) is 0 Å². The second-order valence-corrected chi connectivity index (χ2v) is 4.41. The lowest BCUT2D eigenvalue weighted by Crippen LogP contribution is -2.00. The van der Waals surface area contributed by atoms with Crippen molar-refractivity contribution in [2.24, 2.45) is 16.0 Å². The molecule has 0 atom stereocenters. The summed E-state index contributed by atoms with van der Waals surface area (Å²) in [6.45, 7) is 2.02. The van der Waals surface area contributed by atoms with E-state index in [0.29, 0.717) is 22.6 Å². The number of aryl methyl sites for hydroxylation is 1. The van der Waals surface area contributed by atoms with E-state index >= 15 is 0 Å². The number of aromatic hydroxyl groups is 1. The van der Waals surface area contributed by atoms with Crippen molar-refractivity contribution in [1.82, 2.24) is 4.98 Å². The predicted octanol–water partition coefficient (Wildman–Crippen LogP) is 2.96. The Morgan fingerprint density at radius 3 is 2.76 bits per heavy atom. The molecule has 0 bridgehead atoms. The van der Waals surface area contributed by atoms with Gasteiger partial charge in [-0.3, -0.25) is 10.2 Å². The van der Waals surface area contributed by atoms with Gasteiger partial charge in [-0.05, 0) is 37.3 Å². The van der Waals surface area contributed by atoms with E-state index < -0.39 is 0 Å². The van der Waals surface area contributed by atoms with Crippen LogP contribution in [-0.4, -0.2) is 15.3 Å². The first kappa shape index (κ1) is 15.0. The summed E-state index contributed by atoms with van der Waals surface area (Å²) in [5.74, 6) is 0.0163. The Balaban J connectivity index is 2.27. The number of nitrogens with zero attached hydrogens (tertiary/aromatic N) is 3. The van der Waals surface area contributed by atoms with Gasteiger partial charge in [0.1, 0.15) is 18.0 Å². The molecule has 0 unspecified atom stereocenters. The second-order valence-electron chi connectivity index (χ2n) is 4.41. The fraction of sp³-hybridized carbons (Fsp3) is 0.214. The first-order valence-corrected chi connectivity index (χ1v) is 6.30. The number of phenolic OH excluding ortho intramolecular Hbond substituents is 1. The van der Waals surface area contributed by atoms with E-state index in [1.54, 1.807) is 18.2 Å². The molecule has 2 aromatic rings. The molecule has 0 amide bonds. The molecular weight excluding hydrogens is 272 g/mol. The van der Waals surface area contributed by atoms with E-state index in [1.165, 1.54) is 6.07 Å². The highest BCUT2D eigenvalue weighted by atomic mass is 17.1. The number of hydrogen-bond donors (Lipinski definition) is 3. The largest absolute Gasteiger partial charge is 0.508 e. The van der Waals surface area contributed by atoms with Gasteiger partial charge in [0.25, 0.3) is 0 Å². The zero-order chi connectivity index (χ0) is 15.2. The van der Waals surface area contributed by atoms with E-state index in [-0.39, 0.29) is 18.9 Å². The third-order valence-electron chi connectivity index (χ3n) is 2.84. The van der Waals surface area contributed by atoms with Crippen LogP contribution in [0.1, 0.15) is 17.0 Å². The Labute approximate surface area is 121 Å². The summed E-state index contributed by atoms with van der Waals surface area (Å²) in [5.41, 5.74) is 8.68. The van der Waals surface area contributed by atoms with Crippen molar-refractivity contribution in [3.63, 3.8) is 0 Å². The Morgan fingerprint density at radius 1 is 1.24 bits per heavy atom. The molecule has 21 heavy (non-hydrogen) atoms. The number of phenols is 1. The highest BCUT2D eigenvalue weighted by molar-refractivity contribution is 5.48. The van der Waals surface area contributed by atoms with E-state index in [9.17, 15) is 5.11 Å². The second kappa shape index (κ2) is 6.89. The van der Waals surface area contributed by atoms with Gasteiger partial charge in [-0.2, -0.15) is 5.11 Å². The monoisotopic (exact) mass is 288 g/mol. The molecular formula is C14H16N4O3. The number of pyridine rings is 1. The van der Waals surface area contributed by atoms with Gasteiger partial charge in [0.15, 0.2) is 0 Å². The van der Waals surface area contributed by atoms with Gasteiger partial charge in [0, 0.05) is 17.8 Å². The molecule has 0 fully saturated rings. The molecule has 7 nitrogen and oxygen atoms in total. The van der Waals surface area contributed by atoms with Crippen molar-refractivity contribution >= 4 is 11.4 Å². The molecule has 1 aromatic heterocycles. The molecule has 2 rings (SSSR count). The number of rotatable bonds is 5. The Kier molecular flexibility index (Phi) is 4.94. The quantitative estimate of drug-likeness (QED) is 0.444. The van der Waals surface area contributed by atoms with Crippen molar-refractivity contribution < 1.29 is 15.3 Å². The van der Waals surface area contributed by atoms with Crippen LogP contribution in [-0.2, 0) is 18.0 Å². The molecule has 0 aliphatic heterocycles. The summed E-state index contributed by atoms with van der Waals surface area (Å²) in [6.07, 6.45) is 0. The standard InChI is InChI=1S/C14H16N4O3/c1-9-2-4-12(13(7-15)16-9)18-17-11-3-5-14(19)10(6-11)8-21-20/h2-6,19-20H,7-8,15H2,1H3. The van der Waals surface area contributed by atoms with Crippen LogP contribution >= 0.6 is 0 Å². The number of aromatic nitrogens is 1. The molecule has 1 heterocycles. The fourth-order valence-electron chi connectivity index (χ4n) is 1.78. The van der Waals surface area contributed by atoms with Gasteiger partial charge in [0.05, 0.1) is 11.4 Å². The molecule has 0 saturated heterocycles. The zero-order valence-corrected chi connectivity index (χ0v) is 11.5. The minimum Gasteiger partial charge on any atom is -0.508 e. The first-order chi connectivity index (χ1) is 10.1. The van der Waals surface area contributed by atoms with Gasteiger partial charge < -0.3 is 10.8 Å². The highest BCUT2D eigenvalue weighted by Gasteiger charge is 2.04. The lowest BCUT2D eigenvalue weighted by Gasteiger charge is -2.04. The zero-order valence-electron chi connectivity index (χ0n) is 11.5. The molecule has 0 saturated carbocycles. The SMILES string of the molecule is Cc1ccc(N=Nc2ccc(O)c(COO)c2)c(CN)n1. The lowest BCUT2D eigenvalue weighted by atomic mass is 10.2. The van der Waals surface area contributed by atoms with Crippen molar-refractivity contribution in [2.45, 2.75) is 20.1 Å². The number of hydrogen-bond acceptors (Lipinski definition) is 7.